The standard InChI is InChI=1S/C15H14N2OS/c1-2-14-16-7-8-17(14)9-11-10-18-13-6-4-3-5-12(13)15(11)19/h3-8,10H,2,9H2,1H3. The highest BCUT2D eigenvalue weighted by molar-refractivity contribution is 7.71. The molecule has 2 aromatic heterocycles. The van der Waals surface area contributed by atoms with Crippen LogP contribution in [0.5, 0.6) is 0 Å². The van der Waals surface area contributed by atoms with Gasteiger partial charge in [-0.25, -0.2) is 4.98 Å². The molecule has 0 amide bonds. The number of rotatable bonds is 3. The minimum Gasteiger partial charge on any atom is -0.464 e. The van der Waals surface area contributed by atoms with Gasteiger partial charge < -0.3 is 8.98 Å². The maximum atomic E-state index is 5.65. The second-order valence-electron chi connectivity index (χ2n) is 4.41. The predicted molar refractivity (Wildman–Crippen MR) is 77.8 cm³/mol. The molecule has 0 radical (unpaired) electrons. The molecular weight excluding hydrogens is 256 g/mol. The molecule has 0 aliphatic rings. The highest BCUT2D eigenvalue weighted by Gasteiger charge is 2.06. The zero-order chi connectivity index (χ0) is 13.2. The molecule has 0 fully saturated rings. The normalized spacial score (nSPS) is 11.0. The van der Waals surface area contributed by atoms with Crippen LogP contribution in [0.25, 0.3) is 11.0 Å². The van der Waals surface area contributed by atoms with E-state index in [-0.39, 0.29) is 0 Å². The zero-order valence-electron chi connectivity index (χ0n) is 10.7. The number of aromatic nitrogens is 2. The van der Waals surface area contributed by atoms with Gasteiger partial charge in [0.1, 0.15) is 11.4 Å². The van der Waals surface area contributed by atoms with Gasteiger partial charge in [-0.3, -0.25) is 0 Å². The molecule has 0 N–H and O–H groups in total. The zero-order valence-corrected chi connectivity index (χ0v) is 11.5. The SMILES string of the molecule is CCc1nccn1Cc1coc2ccccc2c1=S. The van der Waals surface area contributed by atoms with Gasteiger partial charge in [0.25, 0.3) is 0 Å². The molecule has 96 valence electrons. The summed E-state index contributed by atoms with van der Waals surface area (Å²) in [4.78, 5) is 4.32. The summed E-state index contributed by atoms with van der Waals surface area (Å²) in [5.74, 6) is 1.06. The molecule has 1 aromatic carbocycles. The predicted octanol–water partition coefficient (Wildman–Crippen LogP) is 3.97. The fourth-order valence-electron chi connectivity index (χ4n) is 2.21. The summed E-state index contributed by atoms with van der Waals surface area (Å²) in [7, 11) is 0. The fourth-order valence-corrected chi connectivity index (χ4v) is 2.49. The molecule has 0 atom stereocenters. The molecule has 19 heavy (non-hydrogen) atoms. The number of aryl methyl sites for hydroxylation is 1. The molecule has 0 spiro atoms. The summed E-state index contributed by atoms with van der Waals surface area (Å²) in [6.07, 6.45) is 6.46. The Hall–Kier alpha value is -1.94. The fraction of sp³-hybridized carbons (Fsp3) is 0.200. The van der Waals surface area contributed by atoms with Crippen molar-refractivity contribution in [1.82, 2.24) is 9.55 Å². The molecule has 0 aliphatic heterocycles. The summed E-state index contributed by atoms with van der Waals surface area (Å²) in [5, 5.41) is 0.994. The van der Waals surface area contributed by atoms with Gasteiger partial charge in [0.2, 0.25) is 0 Å². The van der Waals surface area contributed by atoms with Crippen molar-refractivity contribution in [2.24, 2.45) is 0 Å². The highest BCUT2D eigenvalue weighted by atomic mass is 32.1. The Morgan fingerprint density at radius 2 is 2.16 bits per heavy atom. The van der Waals surface area contributed by atoms with Gasteiger partial charge >= 0.3 is 0 Å². The van der Waals surface area contributed by atoms with E-state index in [1.165, 1.54) is 0 Å². The van der Waals surface area contributed by atoms with Crippen LogP contribution in [0.1, 0.15) is 18.3 Å². The molecule has 0 unspecified atom stereocenters. The van der Waals surface area contributed by atoms with Gasteiger partial charge in [-0.2, -0.15) is 0 Å². The molecule has 2 heterocycles. The lowest BCUT2D eigenvalue weighted by atomic mass is 10.2. The first-order valence-corrected chi connectivity index (χ1v) is 6.70. The van der Waals surface area contributed by atoms with Crippen molar-refractivity contribution in [3.63, 3.8) is 0 Å². The van der Waals surface area contributed by atoms with Crippen LogP contribution >= 0.6 is 12.2 Å². The quantitative estimate of drug-likeness (QED) is 0.675. The number of nitrogens with zero attached hydrogens (tertiary/aromatic N) is 2. The molecule has 0 aliphatic carbocycles. The Morgan fingerprint density at radius 3 is 3.00 bits per heavy atom. The summed E-state index contributed by atoms with van der Waals surface area (Å²) < 4.78 is 8.61. The molecule has 4 heteroatoms. The molecular formula is C15H14N2OS. The van der Waals surface area contributed by atoms with Crippen molar-refractivity contribution in [3.8, 4) is 0 Å². The van der Waals surface area contributed by atoms with Crippen LogP contribution in [-0.4, -0.2) is 9.55 Å². The maximum absolute atomic E-state index is 5.65. The monoisotopic (exact) mass is 270 g/mol. The van der Waals surface area contributed by atoms with Crippen molar-refractivity contribution in [2.45, 2.75) is 19.9 Å². The molecule has 0 bridgehead atoms. The number of hydrogen-bond donors (Lipinski definition) is 0. The Kier molecular flexibility index (Phi) is 3.17. The minimum atomic E-state index is 0.705. The van der Waals surface area contributed by atoms with Crippen molar-refractivity contribution in [1.29, 1.82) is 0 Å². The smallest absolute Gasteiger partial charge is 0.135 e. The molecule has 3 rings (SSSR count). The van der Waals surface area contributed by atoms with Crippen molar-refractivity contribution < 1.29 is 4.42 Å². The van der Waals surface area contributed by atoms with Crippen LogP contribution in [-0.2, 0) is 13.0 Å². The van der Waals surface area contributed by atoms with Crippen LogP contribution in [0.4, 0.5) is 0 Å². The average molecular weight is 270 g/mol. The summed E-state index contributed by atoms with van der Waals surface area (Å²) in [6.45, 7) is 2.80. The van der Waals surface area contributed by atoms with E-state index in [2.05, 4.69) is 16.5 Å². The number of hydrogen-bond acceptors (Lipinski definition) is 3. The van der Waals surface area contributed by atoms with Crippen LogP contribution < -0.4 is 0 Å². The van der Waals surface area contributed by atoms with Crippen LogP contribution in [0.15, 0.2) is 47.3 Å². The van der Waals surface area contributed by atoms with E-state index >= 15 is 0 Å². The van der Waals surface area contributed by atoms with Gasteiger partial charge in [0, 0.05) is 29.8 Å². The number of para-hydroxylation sites is 1. The van der Waals surface area contributed by atoms with E-state index in [9.17, 15) is 0 Å². The molecule has 3 aromatic rings. The first-order chi connectivity index (χ1) is 9.29. The van der Waals surface area contributed by atoms with Gasteiger partial charge in [-0.05, 0) is 12.1 Å². The second kappa shape index (κ2) is 4.97. The first kappa shape index (κ1) is 12.1. The van der Waals surface area contributed by atoms with Gasteiger partial charge in [-0.15, -0.1) is 0 Å². The lowest BCUT2D eigenvalue weighted by molar-refractivity contribution is 0.585. The lowest BCUT2D eigenvalue weighted by Gasteiger charge is -2.07. The van der Waals surface area contributed by atoms with E-state index in [1.807, 2.05) is 36.7 Å². The van der Waals surface area contributed by atoms with Crippen LogP contribution in [0.2, 0.25) is 0 Å². The molecule has 0 saturated carbocycles. The van der Waals surface area contributed by atoms with Gasteiger partial charge in [-0.1, -0.05) is 31.3 Å². The third-order valence-corrected chi connectivity index (χ3v) is 3.69. The van der Waals surface area contributed by atoms with E-state index in [0.717, 1.165) is 33.3 Å². The highest BCUT2D eigenvalue weighted by Crippen LogP contribution is 2.19. The second-order valence-corrected chi connectivity index (χ2v) is 4.82. The Labute approximate surface area is 116 Å². The number of fused-ring (bicyclic) bond motifs is 1. The number of benzene rings is 1. The summed E-state index contributed by atoms with van der Waals surface area (Å²) >= 11 is 5.55. The Balaban J connectivity index is 2.07. The van der Waals surface area contributed by atoms with E-state index in [4.69, 9.17) is 16.6 Å². The third-order valence-electron chi connectivity index (χ3n) is 3.21. The molecule has 0 saturated heterocycles. The van der Waals surface area contributed by atoms with E-state index < -0.39 is 0 Å². The average Bonchev–Trinajstić information content (AvgIpc) is 2.89. The summed E-state index contributed by atoms with van der Waals surface area (Å²) in [6, 6.07) is 7.86. The third kappa shape index (κ3) is 2.19. The first-order valence-electron chi connectivity index (χ1n) is 6.29. The van der Waals surface area contributed by atoms with Crippen LogP contribution in [0, 0.1) is 4.51 Å². The maximum Gasteiger partial charge on any atom is 0.135 e. The van der Waals surface area contributed by atoms with E-state index in [1.54, 1.807) is 6.26 Å². The summed E-state index contributed by atoms with van der Waals surface area (Å²) in [5.41, 5.74) is 1.85. The minimum absolute atomic E-state index is 0.705. The van der Waals surface area contributed by atoms with Crippen molar-refractivity contribution in [2.75, 3.05) is 0 Å². The lowest BCUT2D eigenvalue weighted by Crippen LogP contribution is -2.03. The van der Waals surface area contributed by atoms with Gasteiger partial charge in [0.05, 0.1) is 17.3 Å². The number of imidazole rings is 1. The largest absolute Gasteiger partial charge is 0.464 e. The van der Waals surface area contributed by atoms with Gasteiger partial charge in [0.15, 0.2) is 0 Å². The Morgan fingerprint density at radius 1 is 1.32 bits per heavy atom. The van der Waals surface area contributed by atoms with Crippen LogP contribution in [0.3, 0.4) is 0 Å². The topological polar surface area (TPSA) is 31.0 Å². The van der Waals surface area contributed by atoms with Crippen molar-refractivity contribution in [3.05, 3.63) is 58.8 Å². The molecule has 3 nitrogen and oxygen atoms in total. The van der Waals surface area contributed by atoms with E-state index in [0.29, 0.717) is 6.54 Å². The Bertz CT molecular complexity index is 773. The van der Waals surface area contributed by atoms with Crippen molar-refractivity contribution >= 4 is 23.2 Å².